The summed E-state index contributed by atoms with van der Waals surface area (Å²) in [4.78, 5) is 61.0. The SMILES string of the molecule is Cn1c(=O)n(C2CCCNC2=O)c2cccc(CCN3CC4(CCN(C(=O)C5CCC(n6cc7cc(NC(=O)c8cccc(C(F)(F)F)n8)c(C(C)(C)O)cc7n6)CC5)CC4)C3)c21. The molecule has 2 aromatic carbocycles. The van der Waals surface area contributed by atoms with E-state index in [-0.39, 0.29) is 40.6 Å². The first-order chi connectivity index (χ1) is 30.0. The fraction of sp³-hybridized carbons (Fsp3) is 0.522. The molecule has 3 amide bonds. The van der Waals surface area contributed by atoms with Crippen molar-refractivity contribution in [2.75, 3.05) is 44.6 Å². The number of aryl methyl sites for hydroxylation is 1. The lowest BCUT2D eigenvalue weighted by atomic mass is 9.71. The predicted molar refractivity (Wildman–Crippen MR) is 230 cm³/mol. The molecule has 1 saturated carbocycles. The predicted octanol–water partition coefficient (Wildman–Crippen LogP) is 5.93. The Kier molecular flexibility index (Phi) is 11.0. The van der Waals surface area contributed by atoms with E-state index >= 15 is 0 Å². The van der Waals surface area contributed by atoms with E-state index in [0.717, 1.165) is 113 Å². The molecule has 14 nitrogen and oxygen atoms in total. The minimum absolute atomic E-state index is 0.0488. The molecule has 1 spiro atoms. The summed E-state index contributed by atoms with van der Waals surface area (Å²) in [5, 5.41) is 22.1. The topological polar surface area (TPSA) is 160 Å². The van der Waals surface area contributed by atoms with Crippen LogP contribution in [0.3, 0.4) is 0 Å². The van der Waals surface area contributed by atoms with Gasteiger partial charge in [-0.2, -0.15) is 18.3 Å². The van der Waals surface area contributed by atoms with E-state index in [1.807, 2.05) is 23.0 Å². The van der Waals surface area contributed by atoms with E-state index in [1.54, 1.807) is 42.2 Å². The molecule has 3 N–H and O–H groups in total. The summed E-state index contributed by atoms with van der Waals surface area (Å²) in [6.45, 7) is 8.14. The zero-order chi connectivity index (χ0) is 44.4. The van der Waals surface area contributed by atoms with Crippen LogP contribution in [0.2, 0.25) is 0 Å². The maximum atomic E-state index is 13.8. The number of pyridine rings is 1. The first-order valence-corrected chi connectivity index (χ1v) is 22.1. The number of aliphatic hydroxyl groups is 1. The number of fused-ring (bicyclic) bond motifs is 2. The van der Waals surface area contributed by atoms with Gasteiger partial charge in [0.15, 0.2) is 0 Å². The summed E-state index contributed by atoms with van der Waals surface area (Å²) >= 11 is 0. The van der Waals surface area contributed by atoms with Crippen molar-refractivity contribution in [2.45, 2.75) is 95.5 Å². The lowest BCUT2D eigenvalue weighted by Gasteiger charge is -2.54. The standard InChI is InChI=1S/C46H54F3N9O5/c1-44(2,63)32-24-34-30(23-35(32)52-40(59)33-8-5-11-38(51-33)46(47,48)49)25-57(53-34)31-14-12-29(13-15-31)42(61)56-21-17-45(18-22-56)26-55(27-45)20-16-28-7-4-9-36-39(28)54(3)43(62)58(36)37-10-6-19-50-41(37)60/h4-5,7-9,11,23-25,29,31,37,63H,6,10,12-22,26-27H2,1-3H3,(H,50,60)(H,52,59). The van der Waals surface area contributed by atoms with Gasteiger partial charge in [-0.1, -0.05) is 18.2 Å². The van der Waals surface area contributed by atoms with Crippen LogP contribution in [0, 0.1) is 11.3 Å². The van der Waals surface area contributed by atoms with E-state index < -0.39 is 35.1 Å². The van der Waals surface area contributed by atoms with E-state index in [2.05, 4.69) is 31.5 Å². The number of hydrogen-bond donors (Lipinski definition) is 3. The molecule has 5 aromatic rings. The van der Waals surface area contributed by atoms with Gasteiger partial charge >= 0.3 is 11.9 Å². The molecule has 1 atom stereocenters. The second kappa shape index (κ2) is 16.2. The average Bonchev–Trinajstić information content (AvgIpc) is 3.78. The number of amides is 3. The number of anilines is 1. The lowest BCUT2D eigenvalue weighted by Crippen LogP contribution is -2.61. The highest BCUT2D eigenvalue weighted by Gasteiger charge is 2.46. The Labute approximate surface area is 362 Å². The van der Waals surface area contributed by atoms with E-state index in [4.69, 9.17) is 5.10 Å². The summed E-state index contributed by atoms with van der Waals surface area (Å²) in [7, 11) is 1.79. The van der Waals surface area contributed by atoms with Crippen LogP contribution in [-0.4, -0.2) is 95.8 Å². The van der Waals surface area contributed by atoms with Crippen LogP contribution in [0.4, 0.5) is 18.9 Å². The first-order valence-electron chi connectivity index (χ1n) is 22.1. The highest BCUT2D eigenvalue weighted by atomic mass is 19.4. The third-order valence-electron chi connectivity index (χ3n) is 14.0. The van der Waals surface area contributed by atoms with Crippen molar-refractivity contribution in [3.8, 4) is 0 Å². The molecule has 3 aliphatic heterocycles. The number of nitrogens with zero attached hydrogens (tertiary/aromatic N) is 7. The molecule has 6 heterocycles. The van der Waals surface area contributed by atoms with Gasteiger partial charge in [-0.3, -0.25) is 28.2 Å². The third-order valence-corrected chi connectivity index (χ3v) is 14.0. The summed E-state index contributed by atoms with van der Waals surface area (Å²) in [5.41, 5.74) is 1.08. The molecular formula is C46H54F3N9O5. The van der Waals surface area contributed by atoms with Crippen LogP contribution in [0.15, 0.2) is 59.5 Å². The van der Waals surface area contributed by atoms with Crippen molar-refractivity contribution >= 4 is 45.3 Å². The third kappa shape index (κ3) is 8.25. The van der Waals surface area contributed by atoms with Crippen LogP contribution < -0.4 is 16.3 Å². The van der Waals surface area contributed by atoms with E-state index in [0.29, 0.717) is 29.4 Å². The zero-order valence-corrected chi connectivity index (χ0v) is 35.9. The number of halogens is 3. The number of rotatable bonds is 9. The Hall–Kier alpha value is -5.55. The second-order valence-electron chi connectivity index (χ2n) is 18.7. The normalized spacial score (nSPS) is 22.0. The molecule has 17 heteroatoms. The molecule has 4 aliphatic rings. The summed E-state index contributed by atoms with van der Waals surface area (Å²) < 4.78 is 45.1. The van der Waals surface area contributed by atoms with Crippen molar-refractivity contribution < 1.29 is 32.7 Å². The highest BCUT2D eigenvalue weighted by molar-refractivity contribution is 6.04. The van der Waals surface area contributed by atoms with Gasteiger partial charge in [-0.05, 0) is 113 Å². The smallest absolute Gasteiger partial charge is 0.386 e. The Morgan fingerprint density at radius 1 is 0.984 bits per heavy atom. The van der Waals surface area contributed by atoms with Gasteiger partial charge in [0.25, 0.3) is 5.91 Å². The number of hydrogen-bond acceptors (Lipinski definition) is 8. The Bertz CT molecular complexity index is 2640. The van der Waals surface area contributed by atoms with Gasteiger partial charge in [-0.15, -0.1) is 0 Å². The quantitative estimate of drug-likeness (QED) is 0.165. The van der Waals surface area contributed by atoms with Gasteiger partial charge in [-0.25, -0.2) is 9.78 Å². The molecule has 4 fully saturated rings. The molecule has 334 valence electrons. The molecule has 0 bridgehead atoms. The number of carbonyl (C=O) groups is 3. The van der Waals surface area contributed by atoms with E-state index in [9.17, 15) is 37.5 Å². The van der Waals surface area contributed by atoms with Crippen LogP contribution in [0.25, 0.3) is 21.9 Å². The number of piperidine rings is 2. The molecule has 0 radical (unpaired) electrons. The minimum Gasteiger partial charge on any atom is -0.386 e. The number of benzene rings is 2. The number of nitrogens with one attached hydrogen (secondary N) is 2. The van der Waals surface area contributed by atoms with Crippen molar-refractivity contribution in [3.63, 3.8) is 0 Å². The van der Waals surface area contributed by atoms with Gasteiger partial charge in [0.05, 0.1) is 28.2 Å². The molecule has 3 saturated heterocycles. The fourth-order valence-electron chi connectivity index (χ4n) is 10.5. The Morgan fingerprint density at radius 2 is 1.71 bits per heavy atom. The van der Waals surface area contributed by atoms with Gasteiger partial charge < -0.3 is 25.5 Å². The number of aromatic nitrogens is 5. The molecule has 1 unspecified atom stereocenters. The lowest BCUT2D eigenvalue weighted by molar-refractivity contribution is -0.142. The fourth-order valence-corrected chi connectivity index (χ4v) is 10.5. The largest absolute Gasteiger partial charge is 0.433 e. The van der Waals surface area contributed by atoms with Crippen LogP contribution in [0.1, 0.15) is 105 Å². The second-order valence-corrected chi connectivity index (χ2v) is 18.7. The summed E-state index contributed by atoms with van der Waals surface area (Å²) in [6.07, 6.45) is 4.44. The number of alkyl halides is 3. The Balaban J connectivity index is 0.775. The van der Waals surface area contributed by atoms with Gasteiger partial charge in [0, 0.05) is 75.1 Å². The maximum Gasteiger partial charge on any atom is 0.433 e. The molecule has 3 aromatic heterocycles. The molecule has 63 heavy (non-hydrogen) atoms. The Morgan fingerprint density at radius 3 is 2.41 bits per heavy atom. The number of imidazole rings is 1. The molecule has 9 rings (SSSR count). The molecular weight excluding hydrogens is 816 g/mol. The summed E-state index contributed by atoms with van der Waals surface area (Å²) in [6, 6.07) is 12.1. The van der Waals surface area contributed by atoms with E-state index in [1.165, 1.54) is 6.07 Å². The van der Waals surface area contributed by atoms with Gasteiger partial charge in [0.2, 0.25) is 11.8 Å². The van der Waals surface area contributed by atoms with Crippen molar-refractivity contribution in [3.05, 3.63) is 87.7 Å². The number of likely N-dealkylation sites (tertiary alicyclic amines) is 2. The van der Waals surface area contributed by atoms with Crippen LogP contribution >= 0.6 is 0 Å². The van der Waals surface area contributed by atoms with Crippen molar-refractivity contribution in [1.29, 1.82) is 0 Å². The van der Waals surface area contributed by atoms with Crippen LogP contribution in [-0.2, 0) is 34.8 Å². The van der Waals surface area contributed by atoms with Crippen molar-refractivity contribution in [2.24, 2.45) is 18.4 Å². The van der Waals surface area contributed by atoms with Crippen molar-refractivity contribution in [1.82, 2.24) is 39.0 Å². The van der Waals surface area contributed by atoms with Gasteiger partial charge in [0.1, 0.15) is 17.4 Å². The maximum absolute atomic E-state index is 13.8. The number of para-hydroxylation sites is 1. The monoisotopic (exact) mass is 869 g/mol. The van der Waals surface area contributed by atoms with Crippen LogP contribution in [0.5, 0.6) is 0 Å². The summed E-state index contributed by atoms with van der Waals surface area (Å²) in [5.74, 6) is -0.752. The molecule has 1 aliphatic carbocycles. The minimum atomic E-state index is -4.71. The average molecular weight is 870 g/mol. The highest BCUT2D eigenvalue weighted by Crippen LogP contribution is 2.42. The number of carbonyl (C=O) groups excluding carboxylic acids is 3. The first kappa shape index (κ1) is 42.7. The zero-order valence-electron chi connectivity index (χ0n) is 35.9.